The molecule has 11 nitrogen and oxygen atoms in total. The lowest BCUT2D eigenvalue weighted by Crippen LogP contribution is -2.37. The van der Waals surface area contributed by atoms with Crippen LogP contribution in [0.3, 0.4) is 0 Å². The highest BCUT2D eigenvalue weighted by Gasteiger charge is 2.30. The number of aliphatic hydroxyl groups is 1. The second kappa shape index (κ2) is 14.0. The summed E-state index contributed by atoms with van der Waals surface area (Å²) in [5.74, 6) is -1.63. The number of amides is 2. The van der Waals surface area contributed by atoms with Crippen LogP contribution < -0.4 is 16.8 Å². The molecule has 0 saturated heterocycles. The number of carbonyl (C=O) groups is 2. The summed E-state index contributed by atoms with van der Waals surface area (Å²) in [4.78, 5) is 24.5. The number of benzene rings is 1. The average molecular weight is 548 g/mol. The Morgan fingerprint density at radius 2 is 1.82 bits per heavy atom. The molecule has 39 heavy (non-hydrogen) atoms. The highest BCUT2D eigenvalue weighted by atomic mass is 16.6. The average Bonchev–Trinajstić information content (AvgIpc) is 2.88. The van der Waals surface area contributed by atoms with Crippen molar-refractivity contribution in [2.24, 2.45) is 17.6 Å². The Kier molecular flexibility index (Phi) is 11.4. The van der Waals surface area contributed by atoms with Gasteiger partial charge in [0.15, 0.2) is 6.10 Å². The molecule has 1 aromatic carbocycles. The number of ether oxygens (including phenoxy) is 3. The molecule has 1 aliphatic heterocycles. The van der Waals surface area contributed by atoms with E-state index in [0.717, 1.165) is 0 Å². The number of rotatable bonds is 3. The van der Waals surface area contributed by atoms with Gasteiger partial charge in [0.1, 0.15) is 17.6 Å². The number of methoxy groups -OCH3 is 2. The van der Waals surface area contributed by atoms with Gasteiger partial charge >= 0.3 is 6.09 Å². The SMILES string of the molecule is COC1/C=C\C=C(/C)C(=O)Nc2cc(O)c(N)c(c2O)CC(C)CC(OC)C(O)C(C)/C=C(\C)C1OC(N)=O. The second-order valence-corrected chi connectivity index (χ2v) is 10.0. The van der Waals surface area contributed by atoms with Gasteiger partial charge in [-0.3, -0.25) is 4.79 Å². The van der Waals surface area contributed by atoms with Gasteiger partial charge in [-0.05, 0) is 38.2 Å². The number of anilines is 2. The number of carbonyl (C=O) groups excluding carboxylic acids is 2. The van der Waals surface area contributed by atoms with E-state index in [0.29, 0.717) is 12.0 Å². The summed E-state index contributed by atoms with van der Waals surface area (Å²) in [6.07, 6.45) is 2.90. The smallest absolute Gasteiger partial charge is 0.405 e. The Morgan fingerprint density at radius 3 is 2.41 bits per heavy atom. The Morgan fingerprint density at radius 1 is 1.15 bits per heavy atom. The Hall–Kier alpha value is -3.54. The molecule has 2 bridgehead atoms. The molecule has 0 aliphatic carbocycles. The summed E-state index contributed by atoms with van der Waals surface area (Å²) in [6, 6.07) is 1.19. The van der Waals surface area contributed by atoms with Crippen molar-refractivity contribution in [1.82, 2.24) is 0 Å². The zero-order valence-corrected chi connectivity index (χ0v) is 23.3. The van der Waals surface area contributed by atoms with Crippen LogP contribution in [-0.2, 0) is 25.4 Å². The minimum absolute atomic E-state index is 0.00464. The first-order valence-corrected chi connectivity index (χ1v) is 12.7. The van der Waals surface area contributed by atoms with Crippen LogP contribution in [0.1, 0.15) is 39.7 Å². The molecular weight excluding hydrogens is 506 g/mol. The van der Waals surface area contributed by atoms with E-state index in [-0.39, 0.29) is 46.3 Å². The molecule has 1 aliphatic rings. The molecular formula is C28H41N3O8. The summed E-state index contributed by atoms with van der Waals surface area (Å²) >= 11 is 0. The molecule has 1 heterocycles. The van der Waals surface area contributed by atoms with Crippen LogP contribution in [0, 0.1) is 11.8 Å². The summed E-state index contributed by atoms with van der Waals surface area (Å²) in [5, 5.41) is 35.0. The van der Waals surface area contributed by atoms with Crippen molar-refractivity contribution in [3.63, 3.8) is 0 Å². The summed E-state index contributed by atoms with van der Waals surface area (Å²) in [5.41, 5.74) is 12.6. The summed E-state index contributed by atoms with van der Waals surface area (Å²) in [6.45, 7) is 7.01. The number of phenolic OH excluding ortho intramolecular Hbond substituents is 2. The standard InChI is InChI=1S/C28H41N3O8/c1-14-10-18-23(29)20(32)13-19(25(18)34)31-27(35)15(2)8-7-9-21(37-5)26(39-28(30)36)17(4)12-16(3)24(33)22(11-14)38-6/h7-9,12-14,16,21-22,24,26,32-34H,10-11,29H2,1-6H3,(H2,30,36)(H,31,35)/b9-7-,15-8+,17-12+. The third-order valence-corrected chi connectivity index (χ3v) is 6.87. The first kappa shape index (κ1) is 31.7. The summed E-state index contributed by atoms with van der Waals surface area (Å²) in [7, 11) is 2.93. The van der Waals surface area contributed by atoms with Crippen LogP contribution in [0.4, 0.5) is 16.2 Å². The Balaban J connectivity index is 2.62. The fourth-order valence-electron chi connectivity index (χ4n) is 4.63. The van der Waals surface area contributed by atoms with E-state index < -0.39 is 42.3 Å². The Labute approximate surface area is 229 Å². The van der Waals surface area contributed by atoms with Crippen LogP contribution in [0.5, 0.6) is 11.5 Å². The topological polar surface area (TPSA) is 187 Å². The van der Waals surface area contributed by atoms with Gasteiger partial charge in [0, 0.05) is 37.3 Å². The number of nitrogens with one attached hydrogen (secondary N) is 1. The van der Waals surface area contributed by atoms with Crippen molar-refractivity contribution in [2.75, 3.05) is 25.3 Å². The van der Waals surface area contributed by atoms with Crippen molar-refractivity contribution in [2.45, 2.75) is 65.0 Å². The van der Waals surface area contributed by atoms with Gasteiger partial charge in [0.25, 0.3) is 5.91 Å². The number of aromatic hydroxyl groups is 2. The van der Waals surface area contributed by atoms with Crippen LogP contribution in [0.25, 0.3) is 0 Å². The van der Waals surface area contributed by atoms with Gasteiger partial charge in [-0.2, -0.15) is 0 Å². The second-order valence-electron chi connectivity index (χ2n) is 10.0. The number of allylic oxidation sites excluding steroid dienone is 2. The van der Waals surface area contributed by atoms with Crippen LogP contribution in [0.15, 0.2) is 41.5 Å². The van der Waals surface area contributed by atoms with E-state index in [1.165, 1.54) is 26.4 Å². The molecule has 0 radical (unpaired) electrons. The lowest BCUT2D eigenvalue weighted by molar-refractivity contribution is -0.112. The lowest BCUT2D eigenvalue weighted by Gasteiger charge is -2.29. The predicted octanol–water partition coefficient (Wildman–Crippen LogP) is 3.14. The van der Waals surface area contributed by atoms with E-state index in [2.05, 4.69) is 5.32 Å². The molecule has 0 aromatic heterocycles. The fraction of sp³-hybridized carbons (Fsp3) is 0.500. The molecule has 0 spiro atoms. The van der Waals surface area contributed by atoms with Gasteiger partial charge in [-0.25, -0.2) is 4.79 Å². The quantitative estimate of drug-likeness (QED) is 0.143. The zero-order chi connectivity index (χ0) is 29.4. The van der Waals surface area contributed by atoms with E-state index >= 15 is 0 Å². The maximum absolute atomic E-state index is 12.8. The van der Waals surface area contributed by atoms with E-state index in [1.807, 2.05) is 6.92 Å². The van der Waals surface area contributed by atoms with Gasteiger partial charge in [0.2, 0.25) is 0 Å². The van der Waals surface area contributed by atoms with Crippen molar-refractivity contribution < 1.29 is 39.1 Å². The molecule has 6 unspecified atom stereocenters. The molecule has 1 aromatic rings. The van der Waals surface area contributed by atoms with E-state index in [9.17, 15) is 24.9 Å². The van der Waals surface area contributed by atoms with Gasteiger partial charge in [-0.15, -0.1) is 0 Å². The van der Waals surface area contributed by atoms with Crippen molar-refractivity contribution in [1.29, 1.82) is 0 Å². The molecule has 216 valence electrons. The third-order valence-electron chi connectivity index (χ3n) is 6.87. The minimum atomic E-state index is -0.992. The Bertz CT molecular complexity index is 1130. The number of hydrogen-bond donors (Lipinski definition) is 6. The van der Waals surface area contributed by atoms with Crippen LogP contribution in [-0.4, -0.2) is 66.0 Å². The van der Waals surface area contributed by atoms with Crippen molar-refractivity contribution in [3.05, 3.63) is 47.1 Å². The van der Waals surface area contributed by atoms with Gasteiger partial charge in [-0.1, -0.05) is 38.2 Å². The number of nitrogen functional groups attached to an aromatic ring is 1. The zero-order valence-electron chi connectivity index (χ0n) is 23.3. The normalized spacial score (nSPS) is 30.8. The molecule has 11 heteroatoms. The van der Waals surface area contributed by atoms with Crippen LogP contribution in [0.2, 0.25) is 0 Å². The summed E-state index contributed by atoms with van der Waals surface area (Å²) < 4.78 is 16.5. The molecule has 6 atom stereocenters. The fourth-order valence-corrected chi connectivity index (χ4v) is 4.63. The highest BCUT2D eigenvalue weighted by Crippen LogP contribution is 2.40. The molecule has 0 saturated carbocycles. The number of hydrogen-bond acceptors (Lipinski definition) is 9. The molecule has 2 rings (SSSR count). The lowest BCUT2D eigenvalue weighted by atomic mass is 9.87. The van der Waals surface area contributed by atoms with E-state index in [1.54, 1.807) is 39.0 Å². The number of aliphatic hydroxyl groups excluding tert-OH is 1. The number of nitrogens with two attached hydrogens (primary N) is 2. The van der Waals surface area contributed by atoms with Gasteiger partial charge in [0.05, 0.1) is 23.6 Å². The number of primary amides is 1. The first-order valence-electron chi connectivity index (χ1n) is 12.7. The number of fused-ring (bicyclic) bond motifs is 2. The van der Waals surface area contributed by atoms with Gasteiger partial charge < -0.3 is 46.3 Å². The third kappa shape index (κ3) is 8.22. The van der Waals surface area contributed by atoms with Crippen molar-refractivity contribution in [3.8, 4) is 11.5 Å². The highest BCUT2D eigenvalue weighted by molar-refractivity contribution is 6.04. The maximum Gasteiger partial charge on any atom is 0.405 e. The molecule has 8 N–H and O–H groups in total. The predicted molar refractivity (Wildman–Crippen MR) is 148 cm³/mol. The molecule has 2 amide bonds. The maximum atomic E-state index is 12.8. The van der Waals surface area contributed by atoms with Crippen molar-refractivity contribution >= 4 is 23.4 Å². The monoisotopic (exact) mass is 547 g/mol. The molecule has 0 fully saturated rings. The van der Waals surface area contributed by atoms with Crippen LogP contribution >= 0.6 is 0 Å². The van der Waals surface area contributed by atoms with E-state index in [4.69, 9.17) is 25.7 Å². The largest absolute Gasteiger partial charge is 0.506 e. The number of phenols is 2. The first-order chi connectivity index (χ1) is 18.3. The minimum Gasteiger partial charge on any atom is -0.506 e.